The largest absolute Gasteiger partial charge is 0.481 e. The first kappa shape index (κ1) is 15.0. The minimum atomic E-state index is -0.454. The number of carbonyl (C=O) groups excluding carboxylic acids is 1. The summed E-state index contributed by atoms with van der Waals surface area (Å²) in [6.45, 7) is 9.12. The highest BCUT2D eigenvalue weighted by molar-refractivity contribution is 9.10. The first-order valence-electron chi connectivity index (χ1n) is 6.21. The average Bonchev–Trinajstić information content (AvgIpc) is 2.34. The number of nitrogens with zero attached hydrogens (tertiary/aromatic N) is 1. The van der Waals surface area contributed by atoms with Crippen molar-refractivity contribution in [2.45, 2.75) is 33.8 Å². The molecule has 0 aliphatic heterocycles. The predicted octanol–water partition coefficient (Wildman–Crippen LogP) is 3.39. The van der Waals surface area contributed by atoms with Crippen LogP contribution < -0.4 is 4.74 Å². The van der Waals surface area contributed by atoms with Gasteiger partial charge in [0.2, 0.25) is 0 Å². The molecule has 1 aromatic rings. The number of carbonyl (C=O) groups is 1. The molecule has 1 amide bonds. The Bertz CT molecular complexity index is 416. The van der Waals surface area contributed by atoms with E-state index in [0.717, 1.165) is 15.8 Å². The maximum absolute atomic E-state index is 12.1. The van der Waals surface area contributed by atoms with Crippen LogP contribution in [0.5, 0.6) is 5.75 Å². The van der Waals surface area contributed by atoms with Crippen molar-refractivity contribution in [1.82, 2.24) is 4.90 Å². The highest BCUT2D eigenvalue weighted by atomic mass is 79.9. The van der Waals surface area contributed by atoms with Crippen molar-refractivity contribution >= 4 is 21.8 Å². The third kappa shape index (κ3) is 3.73. The molecule has 1 aromatic carbocycles. The van der Waals surface area contributed by atoms with Crippen LogP contribution in [0.4, 0.5) is 0 Å². The van der Waals surface area contributed by atoms with Crippen LogP contribution in [0.25, 0.3) is 0 Å². The van der Waals surface area contributed by atoms with E-state index in [-0.39, 0.29) is 5.91 Å². The van der Waals surface area contributed by atoms with E-state index in [1.165, 1.54) is 0 Å². The summed E-state index contributed by atoms with van der Waals surface area (Å²) in [6, 6.07) is 5.77. The zero-order valence-corrected chi connectivity index (χ0v) is 13.0. The first-order valence-corrected chi connectivity index (χ1v) is 7.00. The molecule has 1 atom stereocenters. The van der Waals surface area contributed by atoms with Gasteiger partial charge in [0, 0.05) is 17.6 Å². The first-order chi connectivity index (χ1) is 8.49. The molecule has 0 bridgehead atoms. The number of rotatable bonds is 5. The minimum Gasteiger partial charge on any atom is -0.481 e. The Kier molecular flexibility index (Phi) is 5.66. The van der Waals surface area contributed by atoms with Gasteiger partial charge < -0.3 is 9.64 Å². The zero-order chi connectivity index (χ0) is 13.7. The molecule has 0 aromatic heterocycles. The van der Waals surface area contributed by atoms with Crippen LogP contribution in [-0.2, 0) is 4.79 Å². The summed E-state index contributed by atoms with van der Waals surface area (Å²) in [6.07, 6.45) is -0.454. The van der Waals surface area contributed by atoms with Gasteiger partial charge in [0.05, 0.1) is 0 Å². The Labute approximate surface area is 117 Å². The fraction of sp³-hybridized carbons (Fsp3) is 0.500. The van der Waals surface area contributed by atoms with Gasteiger partial charge in [-0.05, 0) is 51.5 Å². The zero-order valence-electron chi connectivity index (χ0n) is 11.4. The Morgan fingerprint density at radius 3 is 2.50 bits per heavy atom. The predicted molar refractivity (Wildman–Crippen MR) is 76.9 cm³/mol. The average molecular weight is 314 g/mol. The lowest BCUT2D eigenvalue weighted by Gasteiger charge is -2.24. The molecule has 1 unspecified atom stereocenters. The van der Waals surface area contributed by atoms with Gasteiger partial charge in [-0.3, -0.25) is 4.79 Å². The molecule has 0 aliphatic rings. The third-order valence-electron chi connectivity index (χ3n) is 2.86. The molecular formula is C14H20BrNO2. The Morgan fingerprint density at radius 1 is 1.39 bits per heavy atom. The van der Waals surface area contributed by atoms with Crippen LogP contribution in [0, 0.1) is 6.92 Å². The number of ether oxygens (including phenoxy) is 1. The van der Waals surface area contributed by atoms with Gasteiger partial charge in [0.25, 0.3) is 5.91 Å². The molecule has 100 valence electrons. The summed E-state index contributed by atoms with van der Waals surface area (Å²) in [5, 5.41) is 0. The fourth-order valence-electron chi connectivity index (χ4n) is 1.78. The van der Waals surface area contributed by atoms with Crippen molar-refractivity contribution in [2.75, 3.05) is 13.1 Å². The van der Waals surface area contributed by atoms with E-state index in [9.17, 15) is 4.79 Å². The second-order valence-corrected chi connectivity index (χ2v) is 5.10. The van der Waals surface area contributed by atoms with E-state index >= 15 is 0 Å². The van der Waals surface area contributed by atoms with E-state index in [2.05, 4.69) is 15.9 Å². The Morgan fingerprint density at radius 2 is 2.00 bits per heavy atom. The van der Waals surface area contributed by atoms with Crippen LogP contribution in [0.1, 0.15) is 26.3 Å². The van der Waals surface area contributed by atoms with E-state index < -0.39 is 6.10 Å². The topological polar surface area (TPSA) is 29.5 Å². The van der Waals surface area contributed by atoms with Gasteiger partial charge in [-0.2, -0.15) is 0 Å². The summed E-state index contributed by atoms with van der Waals surface area (Å²) >= 11 is 3.41. The maximum atomic E-state index is 12.1. The number of benzene rings is 1. The third-order valence-corrected chi connectivity index (χ3v) is 3.36. The summed E-state index contributed by atoms with van der Waals surface area (Å²) < 4.78 is 6.74. The van der Waals surface area contributed by atoms with Crippen LogP contribution in [-0.4, -0.2) is 30.0 Å². The summed E-state index contributed by atoms with van der Waals surface area (Å²) in [5.74, 6) is 0.786. The van der Waals surface area contributed by atoms with Crippen molar-refractivity contribution in [3.05, 3.63) is 28.2 Å². The van der Waals surface area contributed by atoms with Crippen molar-refractivity contribution in [3.8, 4) is 5.75 Å². The molecule has 0 N–H and O–H groups in total. The Hall–Kier alpha value is -1.03. The molecular weight excluding hydrogens is 294 g/mol. The second-order valence-electron chi connectivity index (χ2n) is 4.18. The highest BCUT2D eigenvalue weighted by Crippen LogP contribution is 2.23. The molecule has 0 radical (unpaired) electrons. The smallest absolute Gasteiger partial charge is 0.263 e. The van der Waals surface area contributed by atoms with E-state index in [1.807, 2.05) is 39.0 Å². The van der Waals surface area contributed by atoms with Crippen molar-refractivity contribution in [1.29, 1.82) is 0 Å². The van der Waals surface area contributed by atoms with Crippen molar-refractivity contribution in [3.63, 3.8) is 0 Å². The molecule has 4 heteroatoms. The monoisotopic (exact) mass is 313 g/mol. The lowest BCUT2D eigenvalue weighted by Crippen LogP contribution is -2.40. The van der Waals surface area contributed by atoms with Gasteiger partial charge in [-0.15, -0.1) is 0 Å². The Balaban J connectivity index is 2.75. The lowest BCUT2D eigenvalue weighted by molar-refractivity contribution is -0.137. The number of halogens is 1. The molecule has 1 rings (SSSR count). The molecule has 3 nitrogen and oxygen atoms in total. The van der Waals surface area contributed by atoms with Crippen LogP contribution in [0.2, 0.25) is 0 Å². The fourth-order valence-corrected chi connectivity index (χ4v) is 2.25. The van der Waals surface area contributed by atoms with E-state index in [0.29, 0.717) is 13.1 Å². The molecule has 0 saturated carbocycles. The normalized spacial score (nSPS) is 12.1. The van der Waals surface area contributed by atoms with Crippen LogP contribution in [0.3, 0.4) is 0 Å². The quantitative estimate of drug-likeness (QED) is 0.834. The summed E-state index contributed by atoms with van der Waals surface area (Å²) in [4.78, 5) is 13.9. The number of hydrogen-bond donors (Lipinski definition) is 0. The standard InChI is InChI=1S/C14H20BrNO2/c1-5-16(6-2)14(17)11(4)18-13-8-7-12(15)9-10(13)3/h7-9,11H,5-6H2,1-4H3. The van der Waals surface area contributed by atoms with Gasteiger partial charge in [-0.25, -0.2) is 0 Å². The van der Waals surface area contributed by atoms with E-state index in [4.69, 9.17) is 4.74 Å². The molecule has 0 saturated heterocycles. The number of aryl methyl sites for hydroxylation is 1. The van der Waals surface area contributed by atoms with Gasteiger partial charge in [0.1, 0.15) is 5.75 Å². The molecule has 0 fully saturated rings. The summed E-state index contributed by atoms with van der Waals surface area (Å²) in [7, 11) is 0. The molecule has 0 heterocycles. The minimum absolute atomic E-state index is 0.0299. The SMILES string of the molecule is CCN(CC)C(=O)C(C)Oc1ccc(Br)cc1C. The molecule has 0 spiro atoms. The number of likely N-dealkylation sites (N-methyl/N-ethyl adjacent to an activating group) is 1. The second kappa shape index (κ2) is 6.78. The van der Waals surface area contributed by atoms with Crippen molar-refractivity contribution in [2.24, 2.45) is 0 Å². The number of amides is 1. The van der Waals surface area contributed by atoms with Crippen LogP contribution >= 0.6 is 15.9 Å². The van der Waals surface area contributed by atoms with E-state index in [1.54, 1.807) is 11.8 Å². The van der Waals surface area contributed by atoms with Gasteiger partial charge in [-0.1, -0.05) is 15.9 Å². The highest BCUT2D eigenvalue weighted by Gasteiger charge is 2.20. The van der Waals surface area contributed by atoms with Crippen molar-refractivity contribution < 1.29 is 9.53 Å². The number of hydrogen-bond acceptors (Lipinski definition) is 2. The van der Waals surface area contributed by atoms with Crippen LogP contribution in [0.15, 0.2) is 22.7 Å². The maximum Gasteiger partial charge on any atom is 0.263 e. The lowest BCUT2D eigenvalue weighted by atomic mass is 10.2. The summed E-state index contributed by atoms with van der Waals surface area (Å²) in [5.41, 5.74) is 1.02. The molecule has 0 aliphatic carbocycles. The molecule has 18 heavy (non-hydrogen) atoms. The van der Waals surface area contributed by atoms with Gasteiger partial charge in [0.15, 0.2) is 6.10 Å². The van der Waals surface area contributed by atoms with Gasteiger partial charge >= 0.3 is 0 Å².